The minimum absolute atomic E-state index is 0.0202. The molecule has 1 N–H and O–H groups in total. The minimum Gasteiger partial charge on any atom is -0.322 e. The Bertz CT molecular complexity index is 368. The fraction of sp³-hybridized carbons (Fsp3) is 0.944. The summed E-state index contributed by atoms with van der Waals surface area (Å²) in [6.45, 7) is 13.5. The lowest BCUT2D eigenvalue weighted by Crippen LogP contribution is -2.52. The number of hydrogen-bond donors (Lipinski definition) is 1. The number of carbonyl (C=O) groups is 1. The molecule has 6 atom stereocenters. The summed E-state index contributed by atoms with van der Waals surface area (Å²) in [7, 11) is 0. The van der Waals surface area contributed by atoms with Gasteiger partial charge in [0.05, 0.1) is 12.2 Å². The van der Waals surface area contributed by atoms with Crippen molar-refractivity contribution < 1.29 is 4.79 Å². The van der Waals surface area contributed by atoms with Crippen LogP contribution in [0.4, 0.5) is 0 Å². The molecule has 0 aromatic rings. The number of nitrogens with one attached hydrogen (secondary N) is 1. The summed E-state index contributed by atoms with van der Waals surface area (Å²) in [5.41, 5.74) is 0. The largest absolute Gasteiger partial charge is 0.322 e. The van der Waals surface area contributed by atoms with Crippen molar-refractivity contribution in [2.45, 2.75) is 85.5 Å². The molecule has 0 spiro atoms. The Labute approximate surface area is 130 Å². The van der Waals surface area contributed by atoms with Crippen molar-refractivity contribution in [2.75, 3.05) is 0 Å². The summed E-state index contributed by atoms with van der Waals surface area (Å²) in [6, 6.07) is 0.446. The van der Waals surface area contributed by atoms with Gasteiger partial charge in [0.2, 0.25) is 5.91 Å². The van der Waals surface area contributed by atoms with Gasteiger partial charge in [-0.05, 0) is 30.1 Å². The van der Waals surface area contributed by atoms with E-state index in [0.29, 0.717) is 29.7 Å². The van der Waals surface area contributed by atoms with E-state index in [9.17, 15) is 4.79 Å². The summed E-state index contributed by atoms with van der Waals surface area (Å²) < 4.78 is 0. The summed E-state index contributed by atoms with van der Waals surface area (Å²) in [5.74, 6) is 2.58. The Morgan fingerprint density at radius 2 is 1.90 bits per heavy atom. The average Bonchev–Trinajstić information content (AvgIpc) is 2.79. The van der Waals surface area contributed by atoms with Gasteiger partial charge in [0.1, 0.15) is 0 Å². The molecule has 2 rings (SSSR count). The smallest absolute Gasteiger partial charge is 0.241 e. The van der Waals surface area contributed by atoms with Gasteiger partial charge in [-0.2, -0.15) is 0 Å². The first-order chi connectivity index (χ1) is 9.88. The molecule has 2 aliphatic rings. The Morgan fingerprint density at radius 3 is 2.48 bits per heavy atom. The lowest BCUT2D eigenvalue weighted by atomic mass is 9.77. The van der Waals surface area contributed by atoms with Crippen molar-refractivity contribution in [3.8, 4) is 0 Å². The molecule has 3 nitrogen and oxygen atoms in total. The van der Waals surface area contributed by atoms with Gasteiger partial charge in [0.15, 0.2) is 0 Å². The van der Waals surface area contributed by atoms with Crippen LogP contribution in [0.2, 0.25) is 0 Å². The van der Waals surface area contributed by atoms with Crippen LogP contribution in [0.5, 0.6) is 0 Å². The first-order valence-corrected chi connectivity index (χ1v) is 8.96. The van der Waals surface area contributed by atoms with Crippen molar-refractivity contribution in [2.24, 2.45) is 23.7 Å². The molecule has 0 radical (unpaired) electrons. The summed E-state index contributed by atoms with van der Waals surface area (Å²) in [6.07, 6.45) is 5.02. The SMILES string of the molecule is CCC(C)C1NC(C(C)C)N(C2CCCC(C)C2C)C1=O. The van der Waals surface area contributed by atoms with E-state index in [0.717, 1.165) is 12.3 Å². The highest BCUT2D eigenvalue weighted by Gasteiger charge is 2.47. The van der Waals surface area contributed by atoms with Crippen LogP contribution in [0.1, 0.15) is 67.2 Å². The first kappa shape index (κ1) is 16.8. The molecule has 0 aromatic carbocycles. The van der Waals surface area contributed by atoms with Gasteiger partial charge in [-0.25, -0.2) is 0 Å². The quantitative estimate of drug-likeness (QED) is 0.858. The average molecular weight is 294 g/mol. The van der Waals surface area contributed by atoms with E-state index in [1.165, 1.54) is 19.3 Å². The van der Waals surface area contributed by atoms with Gasteiger partial charge in [-0.15, -0.1) is 0 Å². The molecule has 122 valence electrons. The Balaban J connectivity index is 2.23. The van der Waals surface area contributed by atoms with Crippen molar-refractivity contribution >= 4 is 5.91 Å². The number of amides is 1. The van der Waals surface area contributed by atoms with Gasteiger partial charge < -0.3 is 4.90 Å². The monoisotopic (exact) mass is 294 g/mol. The fourth-order valence-corrected chi connectivity index (χ4v) is 4.11. The predicted octanol–water partition coefficient (Wildman–Crippen LogP) is 3.64. The molecule has 1 amide bonds. The van der Waals surface area contributed by atoms with E-state index in [2.05, 4.69) is 51.8 Å². The second-order valence-corrected chi connectivity index (χ2v) is 7.80. The zero-order valence-corrected chi connectivity index (χ0v) is 14.7. The zero-order valence-electron chi connectivity index (χ0n) is 14.7. The molecule has 3 heteroatoms. The van der Waals surface area contributed by atoms with Gasteiger partial charge in [0.25, 0.3) is 0 Å². The minimum atomic E-state index is 0.0202. The standard InChI is InChI=1S/C18H34N2O/c1-7-12(4)16-18(21)20(17(19-16)11(2)3)15-10-8-9-13(5)14(15)6/h11-17,19H,7-10H2,1-6H3. The molecule has 2 fully saturated rings. The van der Waals surface area contributed by atoms with Crippen molar-refractivity contribution in [1.82, 2.24) is 10.2 Å². The van der Waals surface area contributed by atoms with Gasteiger partial charge in [0, 0.05) is 6.04 Å². The van der Waals surface area contributed by atoms with Crippen molar-refractivity contribution in [3.63, 3.8) is 0 Å². The van der Waals surface area contributed by atoms with Crippen molar-refractivity contribution in [1.29, 1.82) is 0 Å². The fourth-order valence-electron chi connectivity index (χ4n) is 4.11. The van der Waals surface area contributed by atoms with Crippen LogP contribution in [0.3, 0.4) is 0 Å². The van der Waals surface area contributed by atoms with Crippen LogP contribution in [0.25, 0.3) is 0 Å². The number of carbonyl (C=O) groups excluding carboxylic acids is 1. The van der Waals surface area contributed by atoms with Crippen LogP contribution in [-0.4, -0.2) is 29.1 Å². The predicted molar refractivity (Wildman–Crippen MR) is 87.8 cm³/mol. The van der Waals surface area contributed by atoms with Crippen LogP contribution < -0.4 is 5.32 Å². The third-order valence-corrected chi connectivity index (χ3v) is 6.04. The summed E-state index contributed by atoms with van der Waals surface area (Å²) >= 11 is 0. The molecule has 1 aliphatic carbocycles. The third kappa shape index (κ3) is 3.13. The van der Waals surface area contributed by atoms with E-state index in [1.807, 2.05) is 0 Å². The zero-order chi connectivity index (χ0) is 15.7. The topological polar surface area (TPSA) is 32.3 Å². The van der Waals surface area contributed by atoms with Gasteiger partial charge in [-0.1, -0.05) is 60.8 Å². The van der Waals surface area contributed by atoms with Crippen LogP contribution in [-0.2, 0) is 4.79 Å². The molecule has 0 aromatic heterocycles. The molecule has 6 unspecified atom stereocenters. The highest BCUT2D eigenvalue weighted by atomic mass is 16.2. The molecule has 21 heavy (non-hydrogen) atoms. The molecule has 0 bridgehead atoms. The molecular weight excluding hydrogens is 260 g/mol. The highest BCUT2D eigenvalue weighted by Crippen LogP contribution is 2.37. The normalized spacial score (nSPS) is 39.1. The maximum atomic E-state index is 13.0. The Hall–Kier alpha value is -0.570. The van der Waals surface area contributed by atoms with Crippen LogP contribution in [0, 0.1) is 23.7 Å². The summed E-state index contributed by atoms with van der Waals surface area (Å²) in [4.78, 5) is 15.3. The molecule has 1 saturated heterocycles. The van der Waals surface area contributed by atoms with Gasteiger partial charge in [-0.3, -0.25) is 10.1 Å². The van der Waals surface area contributed by atoms with Crippen LogP contribution >= 0.6 is 0 Å². The first-order valence-electron chi connectivity index (χ1n) is 8.96. The molecule has 1 heterocycles. The van der Waals surface area contributed by atoms with Crippen LogP contribution in [0.15, 0.2) is 0 Å². The Kier molecular flexibility index (Phi) is 5.34. The van der Waals surface area contributed by atoms with E-state index in [1.54, 1.807) is 0 Å². The number of hydrogen-bond acceptors (Lipinski definition) is 2. The molecule has 1 saturated carbocycles. The maximum absolute atomic E-state index is 13.0. The highest BCUT2D eigenvalue weighted by molar-refractivity contribution is 5.85. The second kappa shape index (κ2) is 6.68. The Morgan fingerprint density at radius 1 is 1.24 bits per heavy atom. The van der Waals surface area contributed by atoms with Crippen molar-refractivity contribution in [3.05, 3.63) is 0 Å². The van der Waals surface area contributed by atoms with E-state index >= 15 is 0 Å². The number of nitrogens with zero attached hydrogens (tertiary/aromatic N) is 1. The van der Waals surface area contributed by atoms with Gasteiger partial charge >= 0.3 is 0 Å². The van der Waals surface area contributed by atoms with E-state index in [4.69, 9.17) is 0 Å². The number of rotatable bonds is 4. The molecule has 1 aliphatic heterocycles. The second-order valence-electron chi connectivity index (χ2n) is 7.80. The third-order valence-electron chi connectivity index (χ3n) is 6.04. The van der Waals surface area contributed by atoms with E-state index in [-0.39, 0.29) is 12.2 Å². The molecular formula is C18H34N2O. The maximum Gasteiger partial charge on any atom is 0.241 e. The lowest BCUT2D eigenvalue weighted by Gasteiger charge is -2.43. The summed E-state index contributed by atoms with van der Waals surface area (Å²) in [5, 5.41) is 3.65. The lowest BCUT2D eigenvalue weighted by molar-refractivity contribution is -0.136. The van der Waals surface area contributed by atoms with E-state index < -0.39 is 0 Å².